The van der Waals surface area contributed by atoms with Gasteiger partial charge in [-0.3, -0.25) is 4.79 Å². The van der Waals surface area contributed by atoms with Crippen molar-refractivity contribution in [3.8, 4) is 0 Å². The van der Waals surface area contributed by atoms with Gasteiger partial charge in [0.05, 0.1) is 5.69 Å². The minimum absolute atomic E-state index is 0.0385. The average molecular weight is 318 g/mol. The van der Waals surface area contributed by atoms with Gasteiger partial charge in [0.25, 0.3) is 5.91 Å². The zero-order chi connectivity index (χ0) is 16.4. The fourth-order valence-corrected chi connectivity index (χ4v) is 2.65. The molecule has 0 atom stereocenters. The molecule has 1 amide bonds. The van der Waals surface area contributed by atoms with Crippen LogP contribution in [0.15, 0.2) is 36.4 Å². The van der Waals surface area contributed by atoms with Gasteiger partial charge in [0.15, 0.2) is 0 Å². The Morgan fingerprint density at radius 3 is 2.74 bits per heavy atom. The molecule has 0 radical (unpaired) electrons. The van der Waals surface area contributed by atoms with Gasteiger partial charge in [0.2, 0.25) is 0 Å². The van der Waals surface area contributed by atoms with Crippen molar-refractivity contribution in [1.29, 1.82) is 0 Å². The predicted octanol–water partition coefficient (Wildman–Crippen LogP) is 3.05. The van der Waals surface area contributed by atoms with Gasteiger partial charge in [-0.25, -0.2) is 8.78 Å². The number of amides is 1. The summed E-state index contributed by atoms with van der Waals surface area (Å²) in [4.78, 5) is 13.9. The van der Waals surface area contributed by atoms with Crippen LogP contribution in [0.5, 0.6) is 0 Å². The summed E-state index contributed by atoms with van der Waals surface area (Å²) in [5, 5.41) is 11.8. The molecule has 0 saturated heterocycles. The Balaban J connectivity index is 1.79. The molecule has 0 aromatic heterocycles. The summed E-state index contributed by atoms with van der Waals surface area (Å²) < 4.78 is 26.6. The lowest BCUT2D eigenvalue weighted by atomic mass is 10.1. The molecular formula is C17H16F2N2O2. The highest BCUT2D eigenvalue weighted by Crippen LogP contribution is 2.28. The molecule has 0 unspecified atom stereocenters. The number of hydrogen-bond donors (Lipinski definition) is 2. The fourth-order valence-electron chi connectivity index (χ4n) is 2.65. The van der Waals surface area contributed by atoms with E-state index in [1.165, 1.54) is 12.1 Å². The summed E-state index contributed by atoms with van der Waals surface area (Å²) in [6, 6.07) is 8.50. The molecular weight excluding hydrogens is 302 g/mol. The number of fused-ring (bicyclic) bond motifs is 1. The van der Waals surface area contributed by atoms with Crippen molar-refractivity contribution in [1.82, 2.24) is 4.90 Å². The van der Waals surface area contributed by atoms with Crippen LogP contribution < -0.4 is 5.32 Å². The third-order valence-corrected chi connectivity index (χ3v) is 3.78. The van der Waals surface area contributed by atoms with E-state index in [4.69, 9.17) is 5.11 Å². The van der Waals surface area contributed by atoms with Crippen LogP contribution in [0, 0.1) is 11.6 Å². The summed E-state index contributed by atoms with van der Waals surface area (Å²) in [5.74, 6) is -1.37. The smallest absolute Gasteiger partial charge is 0.254 e. The Morgan fingerprint density at radius 2 is 2.00 bits per heavy atom. The van der Waals surface area contributed by atoms with Gasteiger partial charge in [-0.2, -0.15) is 0 Å². The number of carbonyl (C=O) groups is 1. The Labute approximate surface area is 132 Å². The summed E-state index contributed by atoms with van der Waals surface area (Å²) in [5.41, 5.74) is 2.27. The lowest BCUT2D eigenvalue weighted by molar-refractivity contribution is 0.0768. The zero-order valence-electron chi connectivity index (χ0n) is 12.4. The van der Waals surface area contributed by atoms with Gasteiger partial charge >= 0.3 is 0 Å². The predicted molar refractivity (Wildman–Crippen MR) is 82.5 cm³/mol. The number of hydrogen-bond acceptors (Lipinski definition) is 3. The standard InChI is InChI=1S/C17H16F2N2O2/c18-12-2-5-16(15(19)9-12)20-13-3-4-14-11(8-13)10-21(17(14)23)6-1-7-22/h2-5,8-9,20,22H,1,6-7,10H2. The van der Waals surface area contributed by atoms with E-state index in [2.05, 4.69) is 5.32 Å². The molecule has 0 aliphatic carbocycles. The van der Waals surface area contributed by atoms with Crippen molar-refractivity contribution >= 4 is 17.3 Å². The van der Waals surface area contributed by atoms with Crippen LogP contribution in [-0.4, -0.2) is 29.1 Å². The highest BCUT2D eigenvalue weighted by atomic mass is 19.1. The lowest BCUT2D eigenvalue weighted by Crippen LogP contribution is -2.25. The summed E-state index contributed by atoms with van der Waals surface area (Å²) in [6.07, 6.45) is 0.533. The van der Waals surface area contributed by atoms with E-state index in [0.717, 1.165) is 11.6 Å². The molecule has 1 heterocycles. The normalized spacial score (nSPS) is 13.3. The first-order chi connectivity index (χ1) is 11.1. The minimum Gasteiger partial charge on any atom is -0.396 e. The van der Waals surface area contributed by atoms with Gasteiger partial charge in [-0.15, -0.1) is 0 Å². The van der Waals surface area contributed by atoms with Crippen LogP contribution >= 0.6 is 0 Å². The van der Waals surface area contributed by atoms with E-state index in [1.807, 2.05) is 0 Å². The molecule has 4 nitrogen and oxygen atoms in total. The lowest BCUT2D eigenvalue weighted by Gasteiger charge is -2.14. The second kappa shape index (κ2) is 6.34. The Bertz CT molecular complexity index is 749. The van der Waals surface area contributed by atoms with Crippen molar-refractivity contribution < 1.29 is 18.7 Å². The van der Waals surface area contributed by atoms with Crippen LogP contribution in [0.2, 0.25) is 0 Å². The molecule has 2 N–H and O–H groups in total. The second-order valence-electron chi connectivity index (χ2n) is 5.42. The van der Waals surface area contributed by atoms with Crippen molar-refractivity contribution in [3.63, 3.8) is 0 Å². The van der Waals surface area contributed by atoms with E-state index in [1.54, 1.807) is 23.1 Å². The largest absolute Gasteiger partial charge is 0.396 e. The third kappa shape index (κ3) is 3.17. The maximum atomic E-state index is 13.7. The number of benzene rings is 2. The quantitative estimate of drug-likeness (QED) is 0.891. The van der Waals surface area contributed by atoms with Gasteiger partial charge < -0.3 is 15.3 Å². The van der Waals surface area contributed by atoms with Crippen LogP contribution in [-0.2, 0) is 6.54 Å². The van der Waals surface area contributed by atoms with Crippen molar-refractivity contribution in [2.45, 2.75) is 13.0 Å². The number of carbonyl (C=O) groups excluding carboxylic acids is 1. The molecule has 3 rings (SSSR count). The SMILES string of the molecule is O=C1c2ccc(Nc3ccc(F)cc3F)cc2CN1CCCO. The van der Waals surface area contributed by atoms with Crippen molar-refractivity contribution in [2.24, 2.45) is 0 Å². The van der Waals surface area contributed by atoms with Crippen molar-refractivity contribution in [3.05, 3.63) is 59.2 Å². The summed E-state index contributed by atoms with van der Waals surface area (Å²) in [6.45, 7) is 1.01. The van der Waals surface area contributed by atoms with Gasteiger partial charge in [0, 0.05) is 37.0 Å². The maximum Gasteiger partial charge on any atom is 0.254 e. The Morgan fingerprint density at radius 1 is 1.17 bits per heavy atom. The first-order valence-electron chi connectivity index (χ1n) is 7.33. The zero-order valence-corrected chi connectivity index (χ0v) is 12.4. The van der Waals surface area contributed by atoms with E-state index in [0.29, 0.717) is 30.8 Å². The molecule has 2 aromatic carbocycles. The first kappa shape index (κ1) is 15.4. The molecule has 23 heavy (non-hydrogen) atoms. The Hall–Kier alpha value is -2.47. The van der Waals surface area contributed by atoms with Crippen LogP contribution in [0.25, 0.3) is 0 Å². The molecule has 2 aromatic rings. The fraction of sp³-hybridized carbons (Fsp3) is 0.235. The van der Waals surface area contributed by atoms with Crippen LogP contribution in [0.3, 0.4) is 0 Å². The third-order valence-electron chi connectivity index (χ3n) is 3.78. The second-order valence-corrected chi connectivity index (χ2v) is 5.42. The number of nitrogens with one attached hydrogen (secondary N) is 1. The average Bonchev–Trinajstić information content (AvgIpc) is 2.84. The van der Waals surface area contributed by atoms with Crippen LogP contribution in [0.1, 0.15) is 22.3 Å². The van der Waals surface area contributed by atoms with Crippen molar-refractivity contribution in [2.75, 3.05) is 18.5 Å². The Kier molecular flexibility index (Phi) is 4.25. The highest BCUT2D eigenvalue weighted by molar-refractivity contribution is 5.98. The number of halogens is 2. The molecule has 120 valence electrons. The minimum atomic E-state index is -0.675. The molecule has 0 fully saturated rings. The molecule has 6 heteroatoms. The number of aliphatic hydroxyl groups excluding tert-OH is 1. The number of anilines is 2. The summed E-state index contributed by atoms with van der Waals surface area (Å²) >= 11 is 0. The van der Waals surface area contributed by atoms with E-state index < -0.39 is 11.6 Å². The number of rotatable bonds is 5. The summed E-state index contributed by atoms with van der Waals surface area (Å²) in [7, 11) is 0. The number of nitrogens with zero attached hydrogens (tertiary/aromatic N) is 1. The molecule has 0 spiro atoms. The van der Waals surface area contributed by atoms with Crippen LogP contribution in [0.4, 0.5) is 20.2 Å². The molecule has 1 aliphatic rings. The van der Waals surface area contributed by atoms with E-state index >= 15 is 0 Å². The highest BCUT2D eigenvalue weighted by Gasteiger charge is 2.26. The molecule has 1 aliphatic heterocycles. The van der Waals surface area contributed by atoms with Gasteiger partial charge in [0.1, 0.15) is 11.6 Å². The van der Waals surface area contributed by atoms with Gasteiger partial charge in [-0.1, -0.05) is 0 Å². The molecule has 0 saturated carbocycles. The number of aliphatic hydroxyl groups is 1. The topological polar surface area (TPSA) is 52.6 Å². The monoisotopic (exact) mass is 318 g/mol. The van der Waals surface area contributed by atoms with E-state index in [9.17, 15) is 13.6 Å². The maximum absolute atomic E-state index is 13.7. The first-order valence-corrected chi connectivity index (χ1v) is 7.33. The van der Waals surface area contributed by atoms with E-state index in [-0.39, 0.29) is 18.2 Å². The molecule has 0 bridgehead atoms. The van der Waals surface area contributed by atoms with Gasteiger partial charge in [-0.05, 0) is 42.3 Å².